The van der Waals surface area contributed by atoms with Gasteiger partial charge in [-0.05, 0) is 73.7 Å². The molecular formula is C22H27N3O2. The molecule has 1 atom stereocenters. The maximum absolute atomic E-state index is 12.5. The molecule has 1 saturated heterocycles. The van der Waals surface area contributed by atoms with Crippen LogP contribution in [0.4, 0.5) is 5.82 Å². The molecule has 5 heteroatoms. The number of amides is 1. The van der Waals surface area contributed by atoms with Crippen LogP contribution in [-0.4, -0.2) is 30.6 Å². The molecule has 27 heavy (non-hydrogen) atoms. The molecule has 0 bridgehead atoms. The summed E-state index contributed by atoms with van der Waals surface area (Å²) in [5.74, 6) is 2.66. The summed E-state index contributed by atoms with van der Waals surface area (Å²) in [6, 6.07) is 11.9. The first kappa shape index (κ1) is 18.0. The highest BCUT2D eigenvalue weighted by atomic mass is 16.5. The molecule has 0 aliphatic carbocycles. The Hall–Kier alpha value is -2.40. The highest BCUT2D eigenvalue weighted by molar-refractivity contribution is 5.90. The van der Waals surface area contributed by atoms with E-state index in [1.54, 1.807) is 0 Å². The van der Waals surface area contributed by atoms with Crippen LogP contribution in [0.3, 0.4) is 0 Å². The smallest absolute Gasteiger partial charge is 0.225 e. The van der Waals surface area contributed by atoms with Gasteiger partial charge in [-0.25, -0.2) is 4.98 Å². The van der Waals surface area contributed by atoms with Gasteiger partial charge in [-0.15, -0.1) is 0 Å². The van der Waals surface area contributed by atoms with E-state index in [1.807, 2.05) is 30.3 Å². The van der Waals surface area contributed by atoms with Crippen molar-refractivity contribution in [2.75, 3.05) is 25.0 Å². The normalized spacial score (nSPS) is 17.8. The summed E-state index contributed by atoms with van der Waals surface area (Å²) in [6.07, 6.45) is 3.80. The molecule has 2 N–H and O–H groups in total. The number of rotatable bonds is 5. The fourth-order valence-corrected chi connectivity index (χ4v) is 4.08. The highest BCUT2D eigenvalue weighted by Gasteiger charge is 2.22. The largest absolute Gasteiger partial charge is 0.493 e. The second-order valence-corrected chi connectivity index (χ2v) is 7.65. The van der Waals surface area contributed by atoms with E-state index in [1.165, 1.54) is 5.56 Å². The molecule has 1 amide bonds. The SMILES string of the molecule is CC(CC(=O)Nc1cccc(-c2ccc3c(c2)CCO3)n1)C1CCNCC1. The Morgan fingerprint density at radius 2 is 2.15 bits per heavy atom. The van der Waals surface area contributed by atoms with E-state index in [4.69, 9.17) is 4.74 Å². The van der Waals surface area contributed by atoms with Gasteiger partial charge in [0.05, 0.1) is 12.3 Å². The third kappa shape index (κ3) is 4.30. The van der Waals surface area contributed by atoms with E-state index in [-0.39, 0.29) is 5.91 Å². The summed E-state index contributed by atoms with van der Waals surface area (Å²) in [7, 11) is 0. The number of carbonyl (C=O) groups excluding carboxylic acids is 1. The van der Waals surface area contributed by atoms with E-state index >= 15 is 0 Å². The van der Waals surface area contributed by atoms with E-state index < -0.39 is 0 Å². The van der Waals surface area contributed by atoms with E-state index in [0.717, 1.165) is 56.0 Å². The first-order valence-electron chi connectivity index (χ1n) is 9.93. The summed E-state index contributed by atoms with van der Waals surface area (Å²) in [6.45, 7) is 5.06. The zero-order chi connectivity index (χ0) is 18.6. The molecule has 3 heterocycles. The number of nitrogens with one attached hydrogen (secondary N) is 2. The van der Waals surface area contributed by atoms with Gasteiger partial charge in [-0.1, -0.05) is 13.0 Å². The molecule has 142 valence electrons. The number of anilines is 1. The topological polar surface area (TPSA) is 63.2 Å². The summed E-state index contributed by atoms with van der Waals surface area (Å²) in [5.41, 5.74) is 3.15. The second-order valence-electron chi connectivity index (χ2n) is 7.65. The van der Waals surface area contributed by atoms with Gasteiger partial charge in [0.1, 0.15) is 11.6 Å². The average Bonchev–Trinajstić information content (AvgIpc) is 3.16. The number of benzene rings is 1. The predicted molar refractivity (Wildman–Crippen MR) is 107 cm³/mol. The van der Waals surface area contributed by atoms with Crippen LogP contribution in [0.5, 0.6) is 5.75 Å². The van der Waals surface area contributed by atoms with E-state index in [2.05, 4.69) is 28.6 Å². The van der Waals surface area contributed by atoms with Crippen molar-refractivity contribution >= 4 is 11.7 Å². The van der Waals surface area contributed by atoms with Gasteiger partial charge in [0.15, 0.2) is 0 Å². The minimum Gasteiger partial charge on any atom is -0.493 e. The standard InChI is InChI=1S/C22H27N3O2/c1-15(16-7-10-23-11-8-16)13-22(26)25-21-4-2-3-19(24-21)17-5-6-20-18(14-17)9-12-27-20/h2-6,14-16,23H,7-13H2,1H3,(H,24,25,26). The monoisotopic (exact) mass is 365 g/mol. The van der Waals surface area contributed by atoms with Crippen LogP contribution in [0.15, 0.2) is 36.4 Å². The van der Waals surface area contributed by atoms with Crippen molar-refractivity contribution in [1.82, 2.24) is 10.3 Å². The van der Waals surface area contributed by atoms with Crippen LogP contribution >= 0.6 is 0 Å². The van der Waals surface area contributed by atoms with Crippen molar-refractivity contribution in [3.05, 3.63) is 42.0 Å². The molecule has 1 fully saturated rings. The average molecular weight is 365 g/mol. The van der Waals surface area contributed by atoms with Crippen LogP contribution < -0.4 is 15.4 Å². The van der Waals surface area contributed by atoms with Crippen LogP contribution in [-0.2, 0) is 11.2 Å². The Balaban J connectivity index is 1.41. The van der Waals surface area contributed by atoms with Gasteiger partial charge in [-0.2, -0.15) is 0 Å². The fourth-order valence-electron chi connectivity index (χ4n) is 4.08. The highest BCUT2D eigenvalue weighted by Crippen LogP contribution is 2.30. The number of hydrogen-bond acceptors (Lipinski definition) is 4. The fraction of sp³-hybridized carbons (Fsp3) is 0.455. The molecule has 2 aromatic rings. The Bertz CT molecular complexity index is 815. The van der Waals surface area contributed by atoms with Gasteiger partial charge in [-0.3, -0.25) is 4.79 Å². The molecule has 5 nitrogen and oxygen atoms in total. The molecule has 0 radical (unpaired) electrons. The molecule has 0 spiro atoms. The number of fused-ring (bicyclic) bond motifs is 1. The minimum absolute atomic E-state index is 0.0491. The number of nitrogens with zero attached hydrogens (tertiary/aromatic N) is 1. The third-order valence-electron chi connectivity index (χ3n) is 5.70. The lowest BCUT2D eigenvalue weighted by molar-refractivity contribution is -0.117. The quantitative estimate of drug-likeness (QED) is 0.849. The number of hydrogen-bond donors (Lipinski definition) is 2. The van der Waals surface area contributed by atoms with Gasteiger partial charge in [0.25, 0.3) is 0 Å². The van der Waals surface area contributed by atoms with Gasteiger partial charge < -0.3 is 15.4 Å². The number of piperidine rings is 1. The lowest BCUT2D eigenvalue weighted by Crippen LogP contribution is -2.32. The number of carbonyl (C=O) groups is 1. The van der Waals surface area contributed by atoms with Crippen LogP contribution in [0.25, 0.3) is 11.3 Å². The van der Waals surface area contributed by atoms with Crippen molar-refractivity contribution in [1.29, 1.82) is 0 Å². The van der Waals surface area contributed by atoms with E-state index in [9.17, 15) is 4.79 Å². The van der Waals surface area contributed by atoms with Crippen LogP contribution in [0.2, 0.25) is 0 Å². The van der Waals surface area contributed by atoms with Crippen molar-refractivity contribution < 1.29 is 9.53 Å². The molecular weight excluding hydrogens is 338 g/mol. The van der Waals surface area contributed by atoms with Gasteiger partial charge >= 0.3 is 0 Å². The number of ether oxygens (including phenoxy) is 1. The first-order valence-corrected chi connectivity index (χ1v) is 9.93. The Kier molecular flexibility index (Phi) is 5.39. The zero-order valence-corrected chi connectivity index (χ0v) is 15.8. The van der Waals surface area contributed by atoms with Crippen molar-refractivity contribution in [3.8, 4) is 17.0 Å². The van der Waals surface area contributed by atoms with Crippen LogP contribution in [0.1, 0.15) is 31.7 Å². The molecule has 2 aliphatic heterocycles. The second kappa shape index (κ2) is 8.09. The lowest BCUT2D eigenvalue weighted by Gasteiger charge is -2.27. The van der Waals surface area contributed by atoms with Gasteiger partial charge in [0, 0.05) is 18.4 Å². The first-order chi connectivity index (χ1) is 13.2. The summed E-state index contributed by atoms with van der Waals surface area (Å²) in [4.78, 5) is 17.1. The maximum atomic E-state index is 12.5. The summed E-state index contributed by atoms with van der Waals surface area (Å²) >= 11 is 0. The Labute approximate surface area is 160 Å². The molecule has 4 rings (SSSR count). The maximum Gasteiger partial charge on any atom is 0.225 e. The Morgan fingerprint density at radius 3 is 3.00 bits per heavy atom. The Morgan fingerprint density at radius 1 is 1.30 bits per heavy atom. The van der Waals surface area contributed by atoms with Crippen molar-refractivity contribution in [2.45, 2.75) is 32.6 Å². The van der Waals surface area contributed by atoms with Crippen LogP contribution in [0, 0.1) is 11.8 Å². The van der Waals surface area contributed by atoms with Crippen molar-refractivity contribution in [2.24, 2.45) is 11.8 Å². The summed E-state index contributed by atoms with van der Waals surface area (Å²) < 4.78 is 5.57. The third-order valence-corrected chi connectivity index (χ3v) is 5.70. The molecule has 1 aromatic heterocycles. The minimum atomic E-state index is 0.0491. The summed E-state index contributed by atoms with van der Waals surface area (Å²) in [5, 5.41) is 6.37. The molecule has 2 aliphatic rings. The molecule has 1 aromatic carbocycles. The van der Waals surface area contributed by atoms with E-state index in [0.29, 0.717) is 24.1 Å². The predicted octanol–water partition coefficient (Wildman–Crippen LogP) is 3.65. The van der Waals surface area contributed by atoms with Crippen molar-refractivity contribution in [3.63, 3.8) is 0 Å². The molecule has 1 unspecified atom stereocenters. The zero-order valence-electron chi connectivity index (χ0n) is 15.8. The number of pyridine rings is 1. The lowest BCUT2D eigenvalue weighted by atomic mass is 9.84. The number of aromatic nitrogens is 1. The van der Waals surface area contributed by atoms with Gasteiger partial charge in [0.2, 0.25) is 5.91 Å². The molecule has 0 saturated carbocycles.